The highest BCUT2D eigenvalue weighted by Gasteiger charge is 2.20. The first-order valence-corrected chi connectivity index (χ1v) is 5.30. The van der Waals surface area contributed by atoms with E-state index in [1.165, 1.54) is 12.1 Å². The van der Waals surface area contributed by atoms with Crippen molar-refractivity contribution < 1.29 is 4.39 Å². The summed E-state index contributed by atoms with van der Waals surface area (Å²) < 4.78 is 13.1. The Morgan fingerprint density at radius 1 is 1.25 bits per heavy atom. The summed E-state index contributed by atoms with van der Waals surface area (Å²) in [6.07, 6.45) is 0. The summed E-state index contributed by atoms with van der Waals surface area (Å²) in [6, 6.07) is 8.53. The van der Waals surface area contributed by atoms with Crippen LogP contribution in [0.1, 0.15) is 19.5 Å². The van der Waals surface area contributed by atoms with E-state index in [1.54, 1.807) is 6.07 Å². The number of halogens is 1. The van der Waals surface area contributed by atoms with Crippen LogP contribution in [0.4, 0.5) is 4.39 Å². The highest BCUT2D eigenvalue weighted by atomic mass is 19.1. The molecule has 16 heavy (non-hydrogen) atoms. The summed E-state index contributed by atoms with van der Waals surface area (Å²) in [6.45, 7) is 4.57. The quantitative estimate of drug-likeness (QED) is 0.841. The molecule has 0 amide bonds. The van der Waals surface area contributed by atoms with Gasteiger partial charge in [-0.2, -0.15) is 0 Å². The predicted octanol–water partition coefficient (Wildman–Crippen LogP) is 2.61. The van der Waals surface area contributed by atoms with Crippen LogP contribution < -0.4 is 5.73 Å². The standard InChI is InChI=1S/C13H15FN2/c1-13(2,8-15)12-6-4-9-3-5-10(14)7-11(9)16-12/h3-7H,8,15H2,1-2H3. The van der Waals surface area contributed by atoms with Crippen LogP contribution in [0, 0.1) is 5.82 Å². The molecule has 0 aliphatic carbocycles. The molecule has 0 bridgehead atoms. The van der Waals surface area contributed by atoms with E-state index in [0.29, 0.717) is 12.1 Å². The average Bonchev–Trinajstić information content (AvgIpc) is 2.28. The van der Waals surface area contributed by atoms with Crippen molar-refractivity contribution in [3.63, 3.8) is 0 Å². The molecule has 0 radical (unpaired) electrons. The number of aromatic nitrogens is 1. The second-order valence-corrected chi connectivity index (χ2v) is 4.62. The maximum absolute atomic E-state index is 13.1. The number of fused-ring (bicyclic) bond motifs is 1. The summed E-state index contributed by atoms with van der Waals surface area (Å²) in [5.74, 6) is -0.261. The lowest BCUT2D eigenvalue weighted by Crippen LogP contribution is -2.29. The van der Waals surface area contributed by atoms with Crippen LogP contribution in [0.5, 0.6) is 0 Å². The summed E-state index contributed by atoms with van der Waals surface area (Å²) >= 11 is 0. The molecule has 1 aromatic heterocycles. The van der Waals surface area contributed by atoms with Gasteiger partial charge in [0.15, 0.2) is 0 Å². The van der Waals surface area contributed by atoms with Gasteiger partial charge in [0.2, 0.25) is 0 Å². The first-order chi connectivity index (χ1) is 7.53. The molecule has 2 nitrogen and oxygen atoms in total. The normalized spacial score (nSPS) is 12.0. The summed E-state index contributed by atoms with van der Waals surface area (Å²) in [5, 5.41) is 0.943. The van der Waals surface area contributed by atoms with Gasteiger partial charge in [-0.15, -0.1) is 0 Å². The fraction of sp³-hybridized carbons (Fsp3) is 0.308. The lowest BCUT2D eigenvalue weighted by Gasteiger charge is -2.21. The van der Waals surface area contributed by atoms with E-state index in [9.17, 15) is 4.39 Å². The molecule has 0 unspecified atom stereocenters. The molecule has 1 aromatic carbocycles. The van der Waals surface area contributed by atoms with Crippen molar-refractivity contribution >= 4 is 10.9 Å². The van der Waals surface area contributed by atoms with Crippen LogP contribution in [0.2, 0.25) is 0 Å². The number of hydrogen-bond acceptors (Lipinski definition) is 2. The smallest absolute Gasteiger partial charge is 0.125 e. The minimum atomic E-state index is -0.261. The Hall–Kier alpha value is -1.48. The van der Waals surface area contributed by atoms with Gasteiger partial charge in [0.05, 0.1) is 5.52 Å². The van der Waals surface area contributed by atoms with Gasteiger partial charge >= 0.3 is 0 Å². The van der Waals surface area contributed by atoms with Crippen LogP contribution in [0.15, 0.2) is 30.3 Å². The van der Waals surface area contributed by atoms with E-state index < -0.39 is 0 Å². The zero-order chi connectivity index (χ0) is 11.8. The van der Waals surface area contributed by atoms with Crippen molar-refractivity contribution in [2.24, 2.45) is 5.73 Å². The number of pyridine rings is 1. The van der Waals surface area contributed by atoms with Gasteiger partial charge in [0, 0.05) is 29.1 Å². The number of nitrogens with two attached hydrogens (primary N) is 1. The summed E-state index contributed by atoms with van der Waals surface area (Å²) in [4.78, 5) is 4.46. The van der Waals surface area contributed by atoms with Gasteiger partial charge in [-0.3, -0.25) is 4.98 Å². The van der Waals surface area contributed by atoms with Crippen LogP contribution >= 0.6 is 0 Å². The Kier molecular flexibility index (Phi) is 2.64. The van der Waals surface area contributed by atoms with E-state index in [1.807, 2.05) is 26.0 Å². The van der Waals surface area contributed by atoms with Gasteiger partial charge in [0.25, 0.3) is 0 Å². The van der Waals surface area contributed by atoms with Crippen molar-refractivity contribution in [1.29, 1.82) is 0 Å². The van der Waals surface area contributed by atoms with Gasteiger partial charge in [0.1, 0.15) is 5.82 Å². The molecule has 0 spiro atoms. The van der Waals surface area contributed by atoms with Gasteiger partial charge in [-0.05, 0) is 18.2 Å². The van der Waals surface area contributed by atoms with Gasteiger partial charge in [-0.1, -0.05) is 19.9 Å². The van der Waals surface area contributed by atoms with Crippen LogP contribution in [0.3, 0.4) is 0 Å². The fourth-order valence-electron chi connectivity index (χ4n) is 1.57. The number of rotatable bonds is 2. The first-order valence-electron chi connectivity index (χ1n) is 5.30. The van der Waals surface area contributed by atoms with E-state index >= 15 is 0 Å². The Bertz CT molecular complexity index is 520. The maximum atomic E-state index is 13.1. The van der Waals surface area contributed by atoms with Crippen molar-refractivity contribution in [2.75, 3.05) is 6.54 Å². The zero-order valence-corrected chi connectivity index (χ0v) is 9.50. The minimum Gasteiger partial charge on any atom is -0.330 e. The van der Waals surface area contributed by atoms with Crippen molar-refractivity contribution in [3.8, 4) is 0 Å². The molecule has 0 saturated heterocycles. The average molecular weight is 218 g/mol. The van der Waals surface area contributed by atoms with Gasteiger partial charge < -0.3 is 5.73 Å². The van der Waals surface area contributed by atoms with Crippen LogP contribution in [-0.2, 0) is 5.41 Å². The molecule has 0 saturated carbocycles. The molecular weight excluding hydrogens is 203 g/mol. The Morgan fingerprint density at radius 3 is 2.62 bits per heavy atom. The van der Waals surface area contributed by atoms with Crippen molar-refractivity contribution in [2.45, 2.75) is 19.3 Å². The number of benzene rings is 1. The van der Waals surface area contributed by atoms with E-state index in [0.717, 1.165) is 11.1 Å². The molecule has 0 fully saturated rings. The molecule has 2 rings (SSSR count). The highest BCUT2D eigenvalue weighted by molar-refractivity contribution is 5.78. The monoisotopic (exact) mass is 218 g/mol. The number of hydrogen-bond donors (Lipinski definition) is 1. The summed E-state index contributed by atoms with van der Waals surface area (Å²) in [5.41, 5.74) is 7.09. The third-order valence-electron chi connectivity index (χ3n) is 2.86. The lowest BCUT2D eigenvalue weighted by molar-refractivity contribution is 0.523. The van der Waals surface area contributed by atoms with Crippen LogP contribution in [0.25, 0.3) is 10.9 Å². The first kappa shape index (κ1) is 11.0. The Balaban J connectivity index is 2.59. The Labute approximate surface area is 94.3 Å². The van der Waals surface area contributed by atoms with Crippen LogP contribution in [-0.4, -0.2) is 11.5 Å². The minimum absolute atomic E-state index is 0.180. The zero-order valence-electron chi connectivity index (χ0n) is 9.50. The second-order valence-electron chi connectivity index (χ2n) is 4.62. The molecule has 0 aliphatic heterocycles. The third kappa shape index (κ3) is 1.91. The molecule has 2 aromatic rings. The largest absolute Gasteiger partial charge is 0.330 e. The van der Waals surface area contributed by atoms with E-state index in [2.05, 4.69) is 4.98 Å². The van der Waals surface area contributed by atoms with E-state index in [-0.39, 0.29) is 11.2 Å². The molecule has 2 N–H and O–H groups in total. The second kappa shape index (κ2) is 3.83. The topological polar surface area (TPSA) is 38.9 Å². The third-order valence-corrected chi connectivity index (χ3v) is 2.86. The lowest BCUT2D eigenvalue weighted by atomic mass is 9.89. The molecule has 84 valence electrons. The maximum Gasteiger partial charge on any atom is 0.125 e. The molecule has 0 atom stereocenters. The number of nitrogens with zero attached hydrogens (tertiary/aromatic N) is 1. The molecule has 0 aliphatic rings. The molecule has 3 heteroatoms. The summed E-state index contributed by atoms with van der Waals surface area (Å²) in [7, 11) is 0. The van der Waals surface area contributed by atoms with Crippen molar-refractivity contribution in [1.82, 2.24) is 4.98 Å². The SMILES string of the molecule is CC(C)(CN)c1ccc2ccc(F)cc2n1. The Morgan fingerprint density at radius 2 is 1.94 bits per heavy atom. The van der Waals surface area contributed by atoms with Crippen molar-refractivity contribution in [3.05, 3.63) is 41.8 Å². The molecule has 1 heterocycles. The fourth-order valence-corrected chi connectivity index (χ4v) is 1.57. The van der Waals surface area contributed by atoms with E-state index in [4.69, 9.17) is 5.73 Å². The predicted molar refractivity (Wildman–Crippen MR) is 63.8 cm³/mol. The molecular formula is C13H15FN2. The highest BCUT2D eigenvalue weighted by Crippen LogP contribution is 2.22. The van der Waals surface area contributed by atoms with Gasteiger partial charge in [-0.25, -0.2) is 4.39 Å².